The Morgan fingerprint density at radius 2 is 1.52 bits per heavy atom. The first-order valence-electron chi connectivity index (χ1n) is 24.2. The molecule has 7 aliphatic rings. The molecule has 15 heteroatoms. The largest absolute Gasteiger partial charge is 0.343 e. The summed E-state index contributed by atoms with van der Waals surface area (Å²) in [7, 11) is -4.60. The van der Waals surface area contributed by atoms with E-state index in [1.165, 1.54) is 6.08 Å². The lowest BCUT2D eigenvalue weighted by Gasteiger charge is -2.40. The fourth-order valence-corrected chi connectivity index (χ4v) is 13.4. The summed E-state index contributed by atoms with van der Waals surface area (Å²) in [6.45, 7) is 15.9. The first kappa shape index (κ1) is 41.0. The summed E-state index contributed by atoms with van der Waals surface area (Å²) in [5.74, 6) is -3.54. The molecule has 3 saturated heterocycles. The highest BCUT2D eigenvalue weighted by Crippen LogP contribution is 2.88. The van der Waals surface area contributed by atoms with Crippen molar-refractivity contribution in [1.82, 2.24) is 34.8 Å². The maximum atomic E-state index is 15.3. The van der Waals surface area contributed by atoms with Crippen LogP contribution in [0.15, 0.2) is 12.7 Å². The minimum atomic E-state index is -4.60. The van der Waals surface area contributed by atoms with Crippen LogP contribution in [0.5, 0.6) is 0 Å². The van der Waals surface area contributed by atoms with Crippen molar-refractivity contribution in [2.24, 2.45) is 33.5 Å². The van der Waals surface area contributed by atoms with Gasteiger partial charge in [-0.25, -0.2) is 4.72 Å². The van der Waals surface area contributed by atoms with E-state index in [1.807, 2.05) is 25.7 Å². The quantitative estimate of drug-likeness (QED) is 0.200. The molecule has 336 valence electrons. The fraction of sp³-hybridized carbons (Fsp3) is 0.844. The van der Waals surface area contributed by atoms with Gasteiger partial charge in [0, 0.05) is 41.0 Å². The lowest BCUT2D eigenvalue weighted by molar-refractivity contribution is -0.145. The van der Waals surface area contributed by atoms with Crippen LogP contribution >= 0.6 is 0 Å². The maximum absolute atomic E-state index is 15.3. The van der Waals surface area contributed by atoms with Gasteiger partial charge in [-0.15, -0.1) is 6.58 Å². The Morgan fingerprint density at radius 1 is 0.850 bits per heavy atom. The first-order chi connectivity index (χ1) is 29.2. The van der Waals surface area contributed by atoms with Crippen LogP contribution in [0.4, 0.5) is 0 Å². The molecular weight excluding hydrogens is 783 g/mol. The predicted molar refractivity (Wildman–Crippen MR) is 229 cm³/mol. The van der Waals surface area contributed by atoms with Crippen molar-refractivity contribution in [3.05, 3.63) is 12.7 Å². The Bertz CT molecular complexity index is 1980. The molecule has 7 atom stereocenters. The van der Waals surface area contributed by atoms with Crippen molar-refractivity contribution in [2.45, 2.75) is 181 Å². The fourth-order valence-electron chi connectivity index (χ4n) is 12.3. The van der Waals surface area contributed by atoms with Crippen LogP contribution < -0.4 is 20.7 Å². The summed E-state index contributed by atoms with van der Waals surface area (Å²) in [6, 6.07) is -4.60. The molecule has 2 spiro atoms. The van der Waals surface area contributed by atoms with Gasteiger partial charge in [0.05, 0.1) is 6.04 Å². The van der Waals surface area contributed by atoms with Crippen molar-refractivity contribution in [3.63, 3.8) is 0 Å². The normalized spacial score (nSPS) is 34.3. The van der Waals surface area contributed by atoms with Crippen LogP contribution in [0.1, 0.15) is 149 Å². The first-order valence-corrected chi connectivity index (χ1v) is 24.1. The Labute approximate surface area is 362 Å². The SMILES string of the molecule is [2H]C(C)(C)N1CCCC[C@H]1C(=O)N[C@H](C(=O)N[C@H](C(=O)N1C[C@]2(C[C@H]1C(=O)N[C@]1(C(=O)NS(=O)(=O)N3CCCC3([2H])[2H])C[C@H]1C=C)C(C)(C)C21CCC1)C(C)(C)C)C1CCCCC1. The molecule has 0 aromatic carbocycles. The van der Waals surface area contributed by atoms with E-state index in [-0.39, 0.29) is 48.6 Å². The van der Waals surface area contributed by atoms with Gasteiger partial charge in [-0.3, -0.25) is 28.9 Å². The minimum absolute atomic E-state index is 0.0132. The molecule has 14 nitrogen and oxygen atoms in total. The monoisotopic (exact) mass is 859 g/mol. The van der Waals surface area contributed by atoms with E-state index in [0.29, 0.717) is 30.1 Å². The highest BCUT2D eigenvalue weighted by Gasteiger charge is 2.85. The second-order valence-electron chi connectivity index (χ2n) is 20.9. The maximum Gasteiger partial charge on any atom is 0.303 e. The van der Waals surface area contributed by atoms with Gasteiger partial charge in [-0.1, -0.05) is 72.8 Å². The average molecular weight is 859 g/mol. The molecule has 0 aromatic rings. The van der Waals surface area contributed by atoms with Gasteiger partial charge in [0.1, 0.15) is 23.7 Å². The number of nitrogens with one attached hydrogen (secondary N) is 4. The van der Waals surface area contributed by atoms with E-state index < -0.39 is 92.8 Å². The second kappa shape index (κ2) is 16.3. The lowest BCUT2D eigenvalue weighted by atomic mass is 9.73. The van der Waals surface area contributed by atoms with Crippen LogP contribution in [0, 0.1) is 33.5 Å². The Hall–Kier alpha value is -3.04. The van der Waals surface area contributed by atoms with E-state index in [1.54, 1.807) is 18.7 Å². The zero-order valence-corrected chi connectivity index (χ0v) is 37.9. The van der Waals surface area contributed by atoms with Crippen LogP contribution in [0.2, 0.25) is 0 Å². The molecule has 4 N–H and O–H groups in total. The molecule has 7 fully saturated rings. The number of fused-ring (bicyclic) bond motifs is 1. The smallest absolute Gasteiger partial charge is 0.303 e. The van der Waals surface area contributed by atoms with E-state index in [9.17, 15) is 27.6 Å². The molecule has 0 radical (unpaired) electrons. The molecular formula is C45H73N7O7S. The van der Waals surface area contributed by atoms with Gasteiger partial charge < -0.3 is 20.9 Å². The lowest BCUT2D eigenvalue weighted by Crippen LogP contribution is -2.63. The summed E-state index contributed by atoms with van der Waals surface area (Å²) in [4.78, 5) is 76.5. The molecule has 7 rings (SSSR count). The van der Waals surface area contributed by atoms with Crippen LogP contribution in [0.3, 0.4) is 0 Å². The number of carbonyl (C=O) groups excluding carboxylic acids is 5. The van der Waals surface area contributed by atoms with Crippen molar-refractivity contribution < 1.29 is 36.5 Å². The summed E-state index contributed by atoms with van der Waals surface area (Å²) in [5, 5.41) is 9.12. The Kier molecular flexibility index (Phi) is 11.1. The minimum Gasteiger partial charge on any atom is -0.343 e. The van der Waals surface area contributed by atoms with Gasteiger partial charge in [0.2, 0.25) is 23.6 Å². The second-order valence-corrected chi connectivity index (χ2v) is 22.5. The molecule has 3 aliphatic heterocycles. The predicted octanol–water partition coefficient (Wildman–Crippen LogP) is 4.16. The van der Waals surface area contributed by atoms with Crippen molar-refractivity contribution >= 4 is 39.7 Å². The molecule has 0 unspecified atom stereocenters. The van der Waals surface area contributed by atoms with Crippen molar-refractivity contribution in [2.75, 3.05) is 26.1 Å². The van der Waals surface area contributed by atoms with Crippen LogP contribution in [0.25, 0.3) is 0 Å². The van der Waals surface area contributed by atoms with E-state index in [2.05, 4.69) is 41.1 Å². The molecule has 0 aromatic heterocycles. The number of rotatable bonds is 13. The molecule has 0 bridgehead atoms. The van der Waals surface area contributed by atoms with Gasteiger partial charge in [-0.2, -0.15) is 12.7 Å². The van der Waals surface area contributed by atoms with Gasteiger partial charge in [-0.05, 0) is 107 Å². The number of nitrogens with zero attached hydrogens (tertiary/aromatic N) is 3. The Balaban J connectivity index is 1.16. The average Bonchev–Trinajstić information content (AvgIpc) is 3.78. The van der Waals surface area contributed by atoms with Crippen LogP contribution in [-0.4, -0.2) is 114 Å². The standard InChI is InChI=1S/C45H73N7O7S/c1-9-31-26-45(31,40(57)49-60(58,59)50-23-15-16-24-50)48-37(54)33-27-44(42(7,8)43(44)21-17-22-43)28-52(33)39(56)35(41(4,5)6)47-38(55)34(30-18-11-10-12-19-30)46-36(53)32-20-13-14-25-51(32)29(2)3/h9,29-35H,1,10-28H2,2-8H3,(H,46,53)(H,47,55)(H,48,54)(H,49,57)/t31-,32+,33+,34+,35-,44-,45-/m1/s1/i23D2,29D. The molecule has 60 heavy (non-hydrogen) atoms. The number of hydrogen-bond donors (Lipinski definition) is 4. The highest BCUT2D eigenvalue weighted by atomic mass is 32.2. The third-order valence-corrected chi connectivity index (χ3v) is 17.6. The van der Waals surface area contributed by atoms with Crippen molar-refractivity contribution in [3.8, 4) is 0 Å². The van der Waals surface area contributed by atoms with Crippen molar-refractivity contribution in [1.29, 1.82) is 0 Å². The van der Waals surface area contributed by atoms with Gasteiger partial charge in [0.25, 0.3) is 5.91 Å². The summed E-state index contributed by atoms with van der Waals surface area (Å²) < 4.78 is 54.6. The number of likely N-dealkylation sites (tertiary alicyclic amines) is 2. The highest BCUT2D eigenvalue weighted by molar-refractivity contribution is 7.87. The molecule has 3 heterocycles. The van der Waals surface area contributed by atoms with E-state index in [0.717, 1.165) is 64.2 Å². The number of piperidine rings is 1. The zero-order valence-electron chi connectivity index (χ0n) is 40.1. The molecule has 4 aliphatic carbocycles. The number of hydrogen-bond acceptors (Lipinski definition) is 8. The topological polar surface area (TPSA) is 177 Å². The Morgan fingerprint density at radius 3 is 2.07 bits per heavy atom. The van der Waals surface area contributed by atoms with Gasteiger partial charge >= 0.3 is 10.2 Å². The molecule has 5 amide bonds. The number of carbonyl (C=O) groups is 5. The third-order valence-electron chi connectivity index (χ3n) is 16.3. The molecule has 4 saturated carbocycles. The zero-order chi connectivity index (χ0) is 46.3. The summed E-state index contributed by atoms with van der Waals surface area (Å²) in [5.41, 5.74) is -3.20. The van der Waals surface area contributed by atoms with E-state index >= 15 is 4.79 Å². The van der Waals surface area contributed by atoms with Gasteiger partial charge in [0.15, 0.2) is 0 Å². The van der Waals surface area contributed by atoms with Crippen LogP contribution in [-0.2, 0) is 34.2 Å². The summed E-state index contributed by atoms with van der Waals surface area (Å²) in [6.07, 6.45) is 11.8. The third kappa shape index (κ3) is 7.62. The summed E-state index contributed by atoms with van der Waals surface area (Å²) >= 11 is 0. The van der Waals surface area contributed by atoms with E-state index in [4.69, 9.17) is 4.11 Å². The number of amides is 5.